The number of rotatable bonds is 0. The number of aromatic nitrogens is 1. The van der Waals surface area contributed by atoms with E-state index in [0.717, 1.165) is 25.1 Å². The Balaban J connectivity index is 0. The molecule has 0 saturated carbocycles. The first kappa shape index (κ1) is 17.2. The van der Waals surface area contributed by atoms with Crippen LogP contribution >= 0.6 is 0 Å². The lowest BCUT2D eigenvalue weighted by Gasteiger charge is -1.98. The zero-order chi connectivity index (χ0) is 11.5. The van der Waals surface area contributed by atoms with Crippen LogP contribution in [0.3, 0.4) is 0 Å². The zero-order valence-corrected chi connectivity index (χ0v) is 10.3. The molecule has 0 bridgehead atoms. The summed E-state index contributed by atoms with van der Waals surface area (Å²) in [5.74, 6) is 0. The van der Waals surface area contributed by atoms with Gasteiger partial charge in [0.25, 0.3) is 0 Å². The summed E-state index contributed by atoms with van der Waals surface area (Å²) in [6.45, 7) is 8.94. The number of aryl methyl sites for hydroxylation is 1. The predicted octanol–water partition coefficient (Wildman–Crippen LogP) is 4.14. The number of hydrogen-bond donors (Lipinski definition) is 0. The van der Waals surface area contributed by atoms with Gasteiger partial charge in [0.05, 0.1) is 5.69 Å². The highest BCUT2D eigenvalue weighted by molar-refractivity contribution is 5.79. The van der Waals surface area contributed by atoms with E-state index in [9.17, 15) is 0 Å². The van der Waals surface area contributed by atoms with Crippen molar-refractivity contribution in [2.24, 2.45) is 4.99 Å². The SMILES string of the molecule is C.C1=NCCCc2cccnc21.CC.CC. The van der Waals surface area contributed by atoms with Gasteiger partial charge in [0, 0.05) is 19.0 Å². The molecule has 2 heterocycles. The minimum Gasteiger partial charge on any atom is -0.291 e. The summed E-state index contributed by atoms with van der Waals surface area (Å²) < 4.78 is 0. The summed E-state index contributed by atoms with van der Waals surface area (Å²) in [7, 11) is 0. The molecule has 92 valence electrons. The van der Waals surface area contributed by atoms with E-state index in [2.05, 4.69) is 16.0 Å². The van der Waals surface area contributed by atoms with Crippen molar-refractivity contribution in [1.82, 2.24) is 4.98 Å². The molecule has 2 rings (SSSR count). The van der Waals surface area contributed by atoms with Gasteiger partial charge >= 0.3 is 0 Å². The molecule has 0 saturated heterocycles. The molecular weight excluding hydrogens is 196 g/mol. The Morgan fingerprint density at radius 2 is 1.81 bits per heavy atom. The van der Waals surface area contributed by atoms with Crippen LogP contribution in [0, 0.1) is 0 Å². The first-order chi connectivity index (χ1) is 7.47. The highest BCUT2D eigenvalue weighted by atomic mass is 14.8. The van der Waals surface area contributed by atoms with E-state index in [1.807, 2.05) is 46.2 Å². The van der Waals surface area contributed by atoms with E-state index in [1.54, 1.807) is 0 Å². The molecular formula is C14H26N2. The topological polar surface area (TPSA) is 25.2 Å². The van der Waals surface area contributed by atoms with Gasteiger partial charge in [-0.1, -0.05) is 41.2 Å². The van der Waals surface area contributed by atoms with E-state index in [4.69, 9.17) is 0 Å². The number of fused-ring (bicyclic) bond motifs is 1. The van der Waals surface area contributed by atoms with Crippen LogP contribution in [0.2, 0.25) is 0 Å². The lowest BCUT2D eigenvalue weighted by molar-refractivity contribution is 0.843. The number of aliphatic imine (C=N–C) groups is 1. The molecule has 1 aromatic heterocycles. The minimum atomic E-state index is 0. The second kappa shape index (κ2) is 11.9. The van der Waals surface area contributed by atoms with Gasteiger partial charge in [0.15, 0.2) is 0 Å². The zero-order valence-electron chi connectivity index (χ0n) is 10.3. The summed E-state index contributed by atoms with van der Waals surface area (Å²) in [5, 5.41) is 0. The van der Waals surface area contributed by atoms with E-state index in [1.165, 1.54) is 5.56 Å². The molecule has 0 atom stereocenters. The lowest BCUT2D eigenvalue weighted by Crippen LogP contribution is -1.92. The first-order valence-electron chi connectivity index (χ1n) is 5.90. The fourth-order valence-corrected chi connectivity index (χ4v) is 1.29. The van der Waals surface area contributed by atoms with Gasteiger partial charge < -0.3 is 0 Å². The Bertz CT molecular complexity index is 280. The summed E-state index contributed by atoms with van der Waals surface area (Å²) >= 11 is 0. The normalized spacial score (nSPS) is 11.5. The minimum absolute atomic E-state index is 0. The van der Waals surface area contributed by atoms with Crippen molar-refractivity contribution < 1.29 is 0 Å². The van der Waals surface area contributed by atoms with Gasteiger partial charge in [0.1, 0.15) is 0 Å². The van der Waals surface area contributed by atoms with Gasteiger partial charge in [-0.3, -0.25) is 9.98 Å². The fourth-order valence-electron chi connectivity index (χ4n) is 1.29. The third-order valence-electron chi connectivity index (χ3n) is 1.87. The molecule has 0 radical (unpaired) electrons. The maximum absolute atomic E-state index is 4.23. The highest BCUT2D eigenvalue weighted by Gasteiger charge is 2.02. The maximum Gasteiger partial charge on any atom is 0.0839 e. The molecule has 1 aliphatic rings. The Hall–Kier alpha value is -1.18. The van der Waals surface area contributed by atoms with Gasteiger partial charge in [-0.15, -0.1) is 0 Å². The van der Waals surface area contributed by atoms with Crippen LogP contribution in [0.5, 0.6) is 0 Å². The van der Waals surface area contributed by atoms with Crippen molar-refractivity contribution in [3.63, 3.8) is 0 Å². The van der Waals surface area contributed by atoms with Crippen LogP contribution in [-0.2, 0) is 6.42 Å². The average Bonchev–Trinajstić information content (AvgIpc) is 2.59. The fraction of sp³-hybridized carbons (Fsp3) is 0.571. The number of pyridine rings is 1. The average molecular weight is 222 g/mol. The van der Waals surface area contributed by atoms with Crippen LogP contribution in [0.1, 0.15) is 52.8 Å². The monoisotopic (exact) mass is 222 g/mol. The summed E-state index contributed by atoms with van der Waals surface area (Å²) in [6, 6.07) is 4.11. The largest absolute Gasteiger partial charge is 0.291 e. The smallest absolute Gasteiger partial charge is 0.0839 e. The van der Waals surface area contributed by atoms with E-state index < -0.39 is 0 Å². The van der Waals surface area contributed by atoms with Crippen LogP contribution in [0.25, 0.3) is 0 Å². The Morgan fingerprint density at radius 3 is 2.50 bits per heavy atom. The molecule has 2 heteroatoms. The molecule has 2 nitrogen and oxygen atoms in total. The Kier molecular flexibility index (Phi) is 12.8. The van der Waals surface area contributed by atoms with Gasteiger partial charge in [-0.2, -0.15) is 0 Å². The molecule has 0 amide bonds. The molecule has 1 aliphatic heterocycles. The Labute approximate surface area is 101 Å². The first-order valence-corrected chi connectivity index (χ1v) is 5.90. The van der Waals surface area contributed by atoms with Gasteiger partial charge in [-0.25, -0.2) is 0 Å². The van der Waals surface area contributed by atoms with Crippen molar-refractivity contribution in [3.8, 4) is 0 Å². The van der Waals surface area contributed by atoms with Gasteiger partial charge in [-0.05, 0) is 24.5 Å². The molecule has 0 spiro atoms. The number of nitrogens with zero attached hydrogens (tertiary/aromatic N) is 2. The molecule has 0 aliphatic carbocycles. The van der Waals surface area contributed by atoms with Crippen molar-refractivity contribution in [2.45, 2.75) is 48.0 Å². The third-order valence-corrected chi connectivity index (χ3v) is 1.87. The Morgan fingerprint density at radius 1 is 1.12 bits per heavy atom. The molecule has 0 aromatic carbocycles. The maximum atomic E-state index is 4.23. The lowest BCUT2D eigenvalue weighted by atomic mass is 10.1. The van der Waals surface area contributed by atoms with Crippen molar-refractivity contribution in [1.29, 1.82) is 0 Å². The van der Waals surface area contributed by atoms with Crippen LogP contribution in [-0.4, -0.2) is 17.7 Å². The molecule has 0 unspecified atom stereocenters. The summed E-state index contributed by atoms with van der Waals surface area (Å²) in [6.07, 6.45) is 5.96. The molecule has 1 aromatic rings. The van der Waals surface area contributed by atoms with Crippen LogP contribution in [0.4, 0.5) is 0 Å². The van der Waals surface area contributed by atoms with Crippen LogP contribution in [0.15, 0.2) is 23.3 Å². The third kappa shape index (κ3) is 5.64. The summed E-state index contributed by atoms with van der Waals surface area (Å²) in [5.41, 5.74) is 2.37. The van der Waals surface area contributed by atoms with Crippen molar-refractivity contribution in [2.75, 3.05) is 6.54 Å². The highest BCUT2D eigenvalue weighted by Crippen LogP contribution is 2.08. The van der Waals surface area contributed by atoms with Crippen LogP contribution < -0.4 is 0 Å². The standard InChI is InChI=1S/C9H10N2.2C2H6.CH4/c1-3-8-4-2-6-11-9(8)7-10-5-1;2*1-2;/h2,4,6-7H,1,3,5H2;2*1-2H3;1H4. The molecule has 16 heavy (non-hydrogen) atoms. The van der Waals surface area contributed by atoms with E-state index in [-0.39, 0.29) is 7.43 Å². The predicted molar refractivity (Wildman–Crippen MR) is 74.4 cm³/mol. The van der Waals surface area contributed by atoms with E-state index in [0.29, 0.717) is 0 Å². The second-order valence-corrected chi connectivity index (χ2v) is 2.69. The molecule has 0 fully saturated rings. The van der Waals surface area contributed by atoms with Crippen molar-refractivity contribution >= 4 is 6.21 Å². The van der Waals surface area contributed by atoms with Crippen molar-refractivity contribution in [3.05, 3.63) is 29.6 Å². The number of hydrogen-bond acceptors (Lipinski definition) is 2. The van der Waals surface area contributed by atoms with Gasteiger partial charge in [0.2, 0.25) is 0 Å². The molecule has 0 N–H and O–H groups in total. The summed E-state index contributed by atoms with van der Waals surface area (Å²) in [4.78, 5) is 8.45. The van der Waals surface area contributed by atoms with E-state index >= 15 is 0 Å². The quantitative estimate of drug-likeness (QED) is 0.647. The second-order valence-electron chi connectivity index (χ2n) is 2.69.